The van der Waals surface area contributed by atoms with E-state index in [1.54, 1.807) is 26.4 Å². The number of carbonyl (C=O) groups is 2. The molecule has 3 N–H and O–H groups in total. The smallest absolute Gasteiger partial charge is 0.272 e. The van der Waals surface area contributed by atoms with E-state index in [0.717, 1.165) is 35.6 Å². The molecule has 0 saturated heterocycles. The van der Waals surface area contributed by atoms with Gasteiger partial charge in [-0.2, -0.15) is 5.10 Å². The summed E-state index contributed by atoms with van der Waals surface area (Å²) in [6.07, 6.45) is 2.36. The van der Waals surface area contributed by atoms with Crippen LogP contribution in [0, 0.1) is 0 Å². The quantitative estimate of drug-likeness (QED) is 0.546. The van der Waals surface area contributed by atoms with Crippen molar-refractivity contribution >= 4 is 23.3 Å². The highest BCUT2D eigenvalue weighted by atomic mass is 16.2. The van der Waals surface area contributed by atoms with Crippen molar-refractivity contribution in [2.24, 2.45) is 0 Å². The zero-order chi connectivity index (χ0) is 24.4. The molecule has 3 heterocycles. The Kier molecular flexibility index (Phi) is 6.54. The van der Waals surface area contributed by atoms with Crippen molar-refractivity contribution in [1.82, 2.24) is 25.0 Å². The highest BCUT2D eigenvalue weighted by Gasteiger charge is 2.29. The van der Waals surface area contributed by atoms with Crippen LogP contribution in [-0.4, -0.2) is 52.1 Å². The normalized spacial score (nSPS) is 13.0. The van der Waals surface area contributed by atoms with Gasteiger partial charge in [0.1, 0.15) is 5.82 Å². The number of nitrogens with zero attached hydrogens (tertiary/aromatic N) is 5. The SMILES string of the molecule is CC(C)n1nc(C(=O)NCc2ccc(N)cc2)c2c1CCN(c1ccc(C(=O)N(C)C)cn1)C2. The number of amides is 2. The van der Waals surface area contributed by atoms with Crippen molar-refractivity contribution in [2.45, 2.75) is 39.4 Å². The lowest BCUT2D eigenvalue weighted by molar-refractivity contribution is 0.0826. The lowest BCUT2D eigenvalue weighted by Crippen LogP contribution is -2.33. The summed E-state index contributed by atoms with van der Waals surface area (Å²) in [5.41, 5.74) is 10.4. The number of benzene rings is 1. The summed E-state index contributed by atoms with van der Waals surface area (Å²) in [5, 5.41) is 7.68. The van der Waals surface area contributed by atoms with Crippen LogP contribution in [0.3, 0.4) is 0 Å². The average molecular weight is 462 g/mol. The highest BCUT2D eigenvalue weighted by Crippen LogP contribution is 2.28. The van der Waals surface area contributed by atoms with Crippen LogP contribution in [0.1, 0.15) is 57.6 Å². The molecule has 2 aromatic heterocycles. The van der Waals surface area contributed by atoms with Crippen molar-refractivity contribution in [2.75, 3.05) is 31.3 Å². The van der Waals surface area contributed by atoms with Crippen molar-refractivity contribution in [1.29, 1.82) is 0 Å². The van der Waals surface area contributed by atoms with E-state index in [1.807, 2.05) is 35.0 Å². The molecule has 0 unspecified atom stereocenters. The van der Waals surface area contributed by atoms with Crippen LogP contribution >= 0.6 is 0 Å². The first-order valence-electron chi connectivity index (χ1n) is 11.4. The number of nitrogens with two attached hydrogens (primary N) is 1. The minimum absolute atomic E-state index is 0.0850. The molecule has 0 radical (unpaired) electrons. The number of hydrogen-bond acceptors (Lipinski definition) is 6. The molecule has 0 saturated carbocycles. The molecular formula is C25H31N7O2. The van der Waals surface area contributed by atoms with E-state index in [2.05, 4.69) is 34.1 Å². The summed E-state index contributed by atoms with van der Waals surface area (Å²) < 4.78 is 1.96. The summed E-state index contributed by atoms with van der Waals surface area (Å²) in [5.74, 6) is 0.485. The number of anilines is 2. The maximum Gasteiger partial charge on any atom is 0.272 e. The van der Waals surface area contributed by atoms with Crippen LogP contribution in [-0.2, 0) is 19.5 Å². The zero-order valence-electron chi connectivity index (χ0n) is 20.1. The topological polar surface area (TPSA) is 109 Å². The number of carbonyl (C=O) groups excluding carboxylic acids is 2. The van der Waals surface area contributed by atoms with Gasteiger partial charge < -0.3 is 20.9 Å². The molecule has 178 valence electrons. The molecule has 0 atom stereocenters. The van der Waals surface area contributed by atoms with Crippen molar-refractivity contribution in [3.63, 3.8) is 0 Å². The van der Waals surface area contributed by atoms with E-state index in [1.165, 1.54) is 4.90 Å². The van der Waals surface area contributed by atoms with Crippen LogP contribution in [0.2, 0.25) is 0 Å². The van der Waals surface area contributed by atoms with Gasteiger partial charge in [-0.25, -0.2) is 4.98 Å². The van der Waals surface area contributed by atoms with Gasteiger partial charge in [-0.05, 0) is 43.7 Å². The monoisotopic (exact) mass is 461 g/mol. The second kappa shape index (κ2) is 9.54. The number of nitrogen functional groups attached to an aromatic ring is 1. The van der Waals surface area contributed by atoms with Crippen molar-refractivity contribution in [3.8, 4) is 0 Å². The molecule has 1 aliphatic heterocycles. The second-order valence-corrected chi connectivity index (χ2v) is 9.01. The molecule has 0 bridgehead atoms. The largest absolute Gasteiger partial charge is 0.399 e. The third kappa shape index (κ3) is 4.73. The number of rotatable bonds is 6. The van der Waals surface area contributed by atoms with Crippen LogP contribution in [0.4, 0.5) is 11.5 Å². The minimum atomic E-state index is -0.200. The fraction of sp³-hybridized carbons (Fsp3) is 0.360. The van der Waals surface area contributed by atoms with Gasteiger partial charge >= 0.3 is 0 Å². The van der Waals surface area contributed by atoms with E-state index in [0.29, 0.717) is 30.0 Å². The van der Waals surface area contributed by atoms with Crippen molar-refractivity contribution in [3.05, 3.63) is 70.7 Å². The molecule has 2 amide bonds. The van der Waals surface area contributed by atoms with E-state index < -0.39 is 0 Å². The number of fused-ring (bicyclic) bond motifs is 1. The summed E-state index contributed by atoms with van der Waals surface area (Å²) in [7, 11) is 3.43. The van der Waals surface area contributed by atoms with E-state index >= 15 is 0 Å². The maximum absolute atomic E-state index is 13.1. The fourth-order valence-electron chi connectivity index (χ4n) is 4.11. The Balaban J connectivity index is 1.55. The Hall–Kier alpha value is -3.88. The van der Waals surface area contributed by atoms with Gasteiger partial charge in [-0.3, -0.25) is 14.3 Å². The minimum Gasteiger partial charge on any atom is -0.399 e. The third-order valence-electron chi connectivity index (χ3n) is 5.95. The summed E-state index contributed by atoms with van der Waals surface area (Å²) in [4.78, 5) is 33.5. The predicted molar refractivity (Wildman–Crippen MR) is 132 cm³/mol. The Labute approximate surface area is 199 Å². The van der Waals surface area contributed by atoms with Gasteiger partial charge in [0.05, 0.1) is 5.56 Å². The van der Waals surface area contributed by atoms with E-state index in [9.17, 15) is 9.59 Å². The summed E-state index contributed by atoms with van der Waals surface area (Å²) in [6.45, 7) is 5.82. The predicted octanol–water partition coefficient (Wildman–Crippen LogP) is 2.64. The van der Waals surface area contributed by atoms with Gasteiger partial charge in [-0.15, -0.1) is 0 Å². The first-order chi connectivity index (χ1) is 16.2. The van der Waals surface area contributed by atoms with E-state index in [4.69, 9.17) is 5.73 Å². The van der Waals surface area contributed by atoms with Gasteiger partial charge in [0.25, 0.3) is 11.8 Å². The molecule has 1 aromatic carbocycles. The van der Waals surface area contributed by atoms with Gasteiger partial charge in [0, 0.05) is 69.3 Å². The molecule has 1 aliphatic rings. The molecule has 0 spiro atoms. The number of pyridine rings is 1. The van der Waals surface area contributed by atoms with Gasteiger partial charge in [-0.1, -0.05) is 12.1 Å². The first kappa shape index (κ1) is 23.3. The maximum atomic E-state index is 13.1. The molecular weight excluding hydrogens is 430 g/mol. The van der Waals surface area contributed by atoms with Gasteiger partial charge in [0.2, 0.25) is 0 Å². The van der Waals surface area contributed by atoms with Crippen LogP contribution in [0.5, 0.6) is 0 Å². The number of aromatic nitrogens is 3. The molecule has 0 fully saturated rings. The second-order valence-electron chi connectivity index (χ2n) is 9.01. The van der Waals surface area contributed by atoms with Crippen LogP contribution in [0.15, 0.2) is 42.6 Å². The Bertz CT molecular complexity index is 1180. The summed E-state index contributed by atoms with van der Waals surface area (Å²) in [6, 6.07) is 11.2. The lowest BCUT2D eigenvalue weighted by atomic mass is 10.0. The Morgan fingerprint density at radius 1 is 1.15 bits per heavy atom. The molecule has 9 nitrogen and oxygen atoms in total. The standard InChI is InChI=1S/C25H31N7O2/c1-16(2)32-21-11-12-31(22-10-7-18(14-27-22)25(34)30(3)4)15-20(21)23(29-32)24(33)28-13-17-5-8-19(26)9-6-17/h5-10,14,16H,11-13,15,26H2,1-4H3,(H,28,33). The average Bonchev–Trinajstić information content (AvgIpc) is 3.22. The molecule has 9 heteroatoms. The Morgan fingerprint density at radius 3 is 2.50 bits per heavy atom. The highest BCUT2D eigenvalue weighted by molar-refractivity contribution is 5.94. The zero-order valence-corrected chi connectivity index (χ0v) is 20.1. The van der Waals surface area contributed by atoms with Crippen LogP contribution in [0.25, 0.3) is 0 Å². The number of nitrogens with one attached hydrogen (secondary N) is 1. The molecule has 34 heavy (non-hydrogen) atoms. The lowest BCUT2D eigenvalue weighted by Gasteiger charge is -2.29. The van der Waals surface area contributed by atoms with Crippen molar-refractivity contribution < 1.29 is 9.59 Å². The van der Waals surface area contributed by atoms with E-state index in [-0.39, 0.29) is 17.9 Å². The molecule has 4 rings (SSSR count). The van der Waals surface area contributed by atoms with Crippen LogP contribution < -0.4 is 16.0 Å². The molecule has 3 aromatic rings. The third-order valence-corrected chi connectivity index (χ3v) is 5.95. The summed E-state index contributed by atoms with van der Waals surface area (Å²) >= 11 is 0. The number of hydrogen-bond donors (Lipinski definition) is 2. The van der Waals surface area contributed by atoms with Gasteiger partial charge in [0.15, 0.2) is 5.69 Å². The fourth-order valence-corrected chi connectivity index (χ4v) is 4.11. The molecule has 0 aliphatic carbocycles. The first-order valence-corrected chi connectivity index (χ1v) is 11.4. The Morgan fingerprint density at radius 2 is 1.88 bits per heavy atom.